The van der Waals surface area contributed by atoms with Crippen molar-refractivity contribution >= 4 is 17.8 Å². The molecule has 2 atom stereocenters. The summed E-state index contributed by atoms with van der Waals surface area (Å²) in [7, 11) is 0. The minimum absolute atomic E-state index is 0.0713. The van der Waals surface area contributed by atoms with Crippen LogP contribution < -0.4 is 10.6 Å². The van der Waals surface area contributed by atoms with Crippen LogP contribution in [-0.4, -0.2) is 31.0 Å². The molecular formula is C18H26N2O2S. The highest BCUT2D eigenvalue weighted by Gasteiger charge is 2.36. The van der Waals surface area contributed by atoms with Gasteiger partial charge in [-0.15, -0.1) is 11.8 Å². The summed E-state index contributed by atoms with van der Waals surface area (Å²) >= 11 is 1.75. The van der Waals surface area contributed by atoms with E-state index in [1.54, 1.807) is 11.8 Å². The molecule has 1 saturated heterocycles. The number of ether oxygens (including phenoxy) is 1. The summed E-state index contributed by atoms with van der Waals surface area (Å²) in [4.78, 5) is 13.4. The second-order valence-corrected chi connectivity index (χ2v) is 7.45. The largest absolute Gasteiger partial charge is 0.378 e. The van der Waals surface area contributed by atoms with Crippen molar-refractivity contribution in [3.8, 4) is 0 Å². The molecule has 0 bridgehead atoms. The predicted molar refractivity (Wildman–Crippen MR) is 93.8 cm³/mol. The average molecular weight is 334 g/mol. The van der Waals surface area contributed by atoms with Crippen LogP contribution in [0.15, 0.2) is 23.1 Å². The van der Waals surface area contributed by atoms with Crippen LogP contribution in [0.25, 0.3) is 0 Å². The second kappa shape index (κ2) is 7.58. The molecule has 23 heavy (non-hydrogen) atoms. The van der Waals surface area contributed by atoms with Crippen LogP contribution in [0.5, 0.6) is 0 Å². The quantitative estimate of drug-likeness (QED) is 0.811. The molecule has 5 heteroatoms. The van der Waals surface area contributed by atoms with Crippen molar-refractivity contribution in [1.82, 2.24) is 10.6 Å². The van der Waals surface area contributed by atoms with Gasteiger partial charge in [0.25, 0.3) is 0 Å². The molecule has 0 unspecified atom stereocenters. The molecule has 4 nitrogen and oxygen atoms in total. The fraction of sp³-hybridized carbons (Fsp3) is 0.611. The Hall–Kier alpha value is -1.20. The number of aryl methyl sites for hydroxylation is 1. The van der Waals surface area contributed by atoms with Crippen molar-refractivity contribution in [3.63, 3.8) is 0 Å². The van der Waals surface area contributed by atoms with Crippen LogP contribution >= 0.6 is 11.8 Å². The molecule has 2 N–H and O–H groups in total. The highest BCUT2D eigenvalue weighted by molar-refractivity contribution is 7.98. The van der Waals surface area contributed by atoms with Crippen molar-refractivity contribution in [2.75, 3.05) is 12.9 Å². The molecule has 1 heterocycles. The van der Waals surface area contributed by atoms with E-state index in [9.17, 15) is 4.79 Å². The molecule has 0 radical (unpaired) electrons. The maximum atomic E-state index is 12.1. The number of thioether (sulfide) groups is 1. The third kappa shape index (κ3) is 4.64. The first-order valence-electron chi connectivity index (χ1n) is 8.45. The Bertz CT molecular complexity index is 560. The van der Waals surface area contributed by atoms with Gasteiger partial charge in [0.1, 0.15) is 0 Å². The molecule has 1 saturated carbocycles. The molecule has 2 amide bonds. The summed E-state index contributed by atoms with van der Waals surface area (Å²) in [5, 5.41) is 6.08. The lowest BCUT2D eigenvalue weighted by Crippen LogP contribution is -2.46. The van der Waals surface area contributed by atoms with Crippen LogP contribution in [0.3, 0.4) is 0 Å². The molecule has 2 aliphatic rings. The van der Waals surface area contributed by atoms with E-state index in [2.05, 4.69) is 42.0 Å². The number of hydrogen-bond donors (Lipinski definition) is 2. The molecule has 3 rings (SSSR count). The van der Waals surface area contributed by atoms with Gasteiger partial charge < -0.3 is 15.4 Å². The zero-order valence-electron chi connectivity index (χ0n) is 13.9. The topological polar surface area (TPSA) is 50.4 Å². The van der Waals surface area contributed by atoms with Gasteiger partial charge in [-0.05, 0) is 62.0 Å². The third-order valence-electron chi connectivity index (χ3n) is 4.71. The number of urea groups is 1. The fourth-order valence-corrected chi connectivity index (χ4v) is 3.81. The summed E-state index contributed by atoms with van der Waals surface area (Å²) in [6, 6.07) is 6.52. The van der Waals surface area contributed by atoms with E-state index in [0.29, 0.717) is 12.6 Å². The molecule has 1 aromatic rings. The summed E-state index contributed by atoms with van der Waals surface area (Å²) in [5.74, 6) is 0.737. The zero-order valence-corrected chi connectivity index (χ0v) is 14.7. The highest BCUT2D eigenvalue weighted by atomic mass is 32.2. The van der Waals surface area contributed by atoms with E-state index in [0.717, 1.165) is 30.9 Å². The van der Waals surface area contributed by atoms with Crippen molar-refractivity contribution < 1.29 is 9.53 Å². The van der Waals surface area contributed by atoms with Crippen molar-refractivity contribution in [1.29, 1.82) is 0 Å². The number of rotatable bonds is 5. The van der Waals surface area contributed by atoms with Gasteiger partial charge in [-0.25, -0.2) is 4.79 Å². The molecule has 0 spiro atoms. The highest BCUT2D eigenvalue weighted by Crippen LogP contribution is 2.38. The van der Waals surface area contributed by atoms with Crippen molar-refractivity contribution in [2.24, 2.45) is 5.92 Å². The molecule has 1 aliphatic heterocycles. The minimum atomic E-state index is -0.0713. The molecular weight excluding hydrogens is 308 g/mol. The smallest absolute Gasteiger partial charge is 0.315 e. The van der Waals surface area contributed by atoms with E-state index in [1.165, 1.54) is 23.3 Å². The Kier molecular flexibility index (Phi) is 5.49. The second-order valence-electron chi connectivity index (χ2n) is 6.60. The molecule has 1 aromatic carbocycles. The van der Waals surface area contributed by atoms with Crippen LogP contribution in [0.4, 0.5) is 4.79 Å². The number of amides is 2. The van der Waals surface area contributed by atoms with E-state index >= 15 is 0 Å². The third-order valence-corrected chi connectivity index (χ3v) is 5.61. The first-order valence-corrected chi connectivity index (χ1v) is 9.67. The van der Waals surface area contributed by atoms with Crippen LogP contribution in [0.1, 0.15) is 36.8 Å². The number of carbonyl (C=O) groups is 1. The summed E-state index contributed by atoms with van der Waals surface area (Å²) < 4.78 is 5.80. The van der Waals surface area contributed by atoms with Crippen molar-refractivity contribution in [2.45, 2.75) is 56.2 Å². The fourth-order valence-electron chi connectivity index (χ4n) is 3.22. The van der Waals surface area contributed by atoms with Crippen LogP contribution in [0.2, 0.25) is 0 Å². The van der Waals surface area contributed by atoms with Crippen LogP contribution in [-0.2, 0) is 11.3 Å². The molecule has 1 aliphatic carbocycles. The van der Waals surface area contributed by atoms with Gasteiger partial charge in [0.15, 0.2) is 0 Å². The van der Waals surface area contributed by atoms with E-state index < -0.39 is 0 Å². The first kappa shape index (κ1) is 16.7. The Balaban J connectivity index is 1.44. The average Bonchev–Trinajstić information content (AvgIpc) is 3.38. The summed E-state index contributed by atoms with van der Waals surface area (Å²) in [6.45, 7) is 3.44. The Labute approximate surface area is 142 Å². The Morgan fingerprint density at radius 3 is 2.87 bits per heavy atom. The minimum Gasteiger partial charge on any atom is -0.378 e. The Morgan fingerprint density at radius 2 is 2.17 bits per heavy atom. The first-order chi connectivity index (χ1) is 11.2. The van der Waals surface area contributed by atoms with Gasteiger partial charge in [-0.2, -0.15) is 0 Å². The SMILES string of the molecule is CSc1ccc(CNC(=O)N[C@H]2CCO[C@H](C3CC3)C2)cc1C. The van der Waals surface area contributed by atoms with Gasteiger partial charge in [0.05, 0.1) is 6.10 Å². The standard InChI is InChI=1S/C18H26N2O2S/c1-12-9-13(3-6-17(12)23-2)11-19-18(21)20-15-7-8-22-16(10-15)14-4-5-14/h3,6,9,14-16H,4-5,7-8,10-11H2,1-2H3,(H2,19,20,21)/t15-,16-/m0/s1. The van der Waals surface area contributed by atoms with E-state index in [1.807, 2.05) is 0 Å². The van der Waals surface area contributed by atoms with E-state index in [-0.39, 0.29) is 12.1 Å². The van der Waals surface area contributed by atoms with E-state index in [4.69, 9.17) is 4.74 Å². The summed E-state index contributed by atoms with van der Waals surface area (Å²) in [5.41, 5.74) is 2.40. The maximum absolute atomic E-state index is 12.1. The van der Waals surface area contributed by atoms with Gasteiger partial charge in [-0.1, -0.05) is 12.1 Å². The van der Waals surface area contributed by atoms with Gasteiger partial charge in [0.2, 0.25) is 0 Å². The Morgan fingerprint density at radius 1 is 1.35 bits per heavy atom. The monoisotopic (exact) mass is 334 g/mol. The normalized spacial score (nSPS) is 24.3. The summed E-state index contributed by atoms with van der Waals surface area (Å²) in [6.07, 6.45) is 6.88. The van der Waals surface area contributed by atoms with Gasteiger partial charge in [-0.3, -0.25) is 0 Å². The number of hydrogen-bond acceptors (Lipinski definition) is 3. The molecule has 2 fully saturated rings. The predicted octanol–water partition coefficient (Wildman–Crippen LogP) is 3.47. The lowest BCUT2D eigenvalue weighted by Gasteiger charge is -2.30. The van der Waals surface area contributed by atoms with Crippen molar-refractivity contribution in [3.05, 3.63) is 29.3 Å². The van der Waals surface area contributed by atoms with Crippen LogP contribution in [0, 0.1) is 12.8 Å². The molecule has 0 aromatic heterocycles. The lowest BCUT2D eigenvalue weighted by atomic mass is 10.0. The molecule has 126 valence electrons. The zero-order chi connectivity index (χ0) is 16.2. The lowest BCUT2D eigenvalue weighted by molar-refractivity contribution is -0.00914. The number of nitrogens with one attached hydrogen (secondary N) is 2. The van der Waals surface area contributed by atoms with Gasteiger partial charge >= 0.3 is 6.03 Å². The number of benzene rings is 1. The number of carbonyl (C=O) groups excluding carboxylic acids is 1. The van der Waals surface area contributed by atoms with Gasteiger partial charge in [0, 0.05) is 24.1 Å². The maximum Gasteiger partial charge on any atom is 0.315 e.